The Bertz CT molecular complexity index is 453. The predicted molar refractivity (Wildman–Crippen MR) is 70.8 cm³/mol. The highest BCUT2D eigenvalue weighted by molar-refractivity contribution is 9.09. The number of carbonyl (C=O) groups excluding carboxylic acids is 1. The molecule has 1 atom stereocenters. The average Bonchev–Trinajstić information content (AvgIpc) is 2.38. The maximum absolute atomic E-state index is 13.3. The van der Waals surface area contributed by atoms with Crippen LogP contribution in [0.25, 0.3) is 0 Å². The number of halogens is 2. The molecule has 1 aliphatic rings. The zero-order valence-corrected chi connectivity index (χ0v) is 11.7. The SMILES string of the molecule is COc1cc(C(=O)N2CCCC(Br)C2)ccc1F. The van der Waals surface area contributed by atoms with Gasteiger partial charge in [-0.15, -0.1) is 0 Å². The van der Waals surface area contributed by atoms with Gasteiger partial charge in [0.25, 0.3) is 5.91 Å². The molecule has 1 unspecified atom stereocenters. The van der Waals surface area contributed by atoms with Crippen molar-refractivity contribution in [2.24, 2.45) is 0 Å². The number of carbonyl (C=O) groups is 1. The van der Waals surface area contributed by atoms with Gasteiger partial charge in [0.15, 0.2) is 11.6 Å². The Morgan fingerprint density at radius 3 is 3.00 bits per heavy atom. The van der Waals surface area contributed by atoms with Crippen LogP contribution in [-0.4, -0.2) is 35.8 Å². The summed E-state index contributed by atoms with van der Waals surface area (Å²) >= 11 is 3.53. The van der Waals surface area contributed by atoms with E-state index < -0.39 is 5.82 Å². The lowest BCUT2D eigenvalue weighted by Crippen LogP contribution is -2.40. The molecular weight excluding hydrogens is 301 g/mol. The van der Waals surface area contributed by atoms with Gasteiger partial charge in [0.1, 0.15) is 0 Å². The van der Waals surface area contributed by atoms with Crippen LogP contribution in [0, 0.1) is 5.82 Å². The molecule has 3 nitrogen and oxygen atoms in total. The second-order valence-electron chi connectivity index (χ2n) is 4.34. The van der Waals surface area contributed by atoms with Gasteiger partial charge < -0.3 is 9.64 Å². The van der Waals surface area contributed by atoms with E-state index in [0.717, 1.165) is 19.4 Å². The summed E-state index contributed by atoms with van der Waals surface area (Å²) in [5.41, 5.74) is 0.467. The van der Waals surface area contributed by atoms with Crippen molar-refractivity contribution in [1.29, 1.82) is 0 Å². The van der Waals surface area contributed by atoms with Crippen molar-refractivity contribution in [2.75, 3.05) is 20.2 Å². The summed E-state index contributed by atoms with van der Waals surface area (Å²) in [5, 5.41) is 0. The molecule has 0 bridgehead atoms. The zero-order chi connectivity index (χ0) is 13.1. The Morgan fingerprint density at radius 1 is 1.56 bits per heavy atom. The summed E-state index contributed by atoms with van der Waals surface area (Å²) in [6, 6.07) is 4.22. The van der Waals surface area contributed by atoms with Crippen molar-refractivity contribution < 1.29 is 13.9 Å². The average molecular weight is 316 g/mol. The normalized spacial score (nSPS) is 19.7. The van der Waals surface area contributed by atoms with Gasteiger partial charge in [0.05, 0.1) is 7.11 Å². The minimum Gasteiger partial charge on any atom is -0.494 e. The van der Waals surface area contributed by atoms with Crippen LogP contribution in [0.5, 0.6) is 5.75 Å². The fraction of sp³-hybridized carbons (Fsp3) is 0.462. The molecule has 1 heterocycles. The molecule has 5 heteroatoms. The summed E-state index contributed by atoms with van der Waals surface area (Å²) in [6.45, 7) is 1.44. The minimum atomic E-state index is -0.453. The van der Waals surface area contributed by atoms with Crippen LogP contribution in [0.1, 0.15) is 23.2 Å². The third kappa shape index (κ3) is 2.83. The molecule has 0 saturated carbocycles. The Balaban J connectivity index is 2.17. The van der Waals surface area contributed by atoms with Gasteiger partial charge in [-0.1, -0.05) is 15.9 Å². The fourth-order valence-corrected chi connectivity index (χ4v) is 2.76. The smallest absolute Gasteiger partial charge is 0.254 e. The first-order valence-corrected chi connectivity index (χ1v) is 6.80. The quantitative estimate of drug-likeness (QED) is 0.785. The maximum atomic E-state index is 13.3. The Labute approximate surface area is 114 Å². The molecule has 0 spiro atoms. The van der Waals surface area contributed by atoms with Crippen molar-refractivity contribution in [3.8, 4) is 5.75 Å². The van der Waals surface area contributed by atoms with Crippen molar-refractivity contribution >= 4 is 21.8 Å². The molecule has 0 N–H and O–H groups in total. The third-order valence-corrected chi connectivity index (χ3v) is 3.80. The number of likely N-dealkylation sites (tertiary alicyclic amines) is 1. The number of methoxy groups -OCH3 is 1. The standard InChI is InChI=1S/C13H15BrFNO2/c1-18-12-7-9(4-5-11(12)15)13(17)16-6-2-3-10(14)8-16/h4-5,7,10H,2-3,6,8H2,1H3. The first-order valence-electron chi connectivity index (χ1n) is 5.88. The molecule has 98 valence electrons. The minimum absolute atomic E-state index is 0.0718. The molecule has 1 saturated heterocycles. The van der Waals surface area contributed by atoms with Crippen LogP contribution >= 0.6 is 15.9 Å². The molecule has 1 fully saturated rings. The number of ether oxygens (including phenoxy) is 1. The van der Waals surface area contributed by atoms with Gasteiger partial charge in [0, 0.05) is 23.5 Å². The lowest BCUT2D eigenvalue weighted by Gasteiger charge is -2.30. The van der Waals surface area contributed by atoms with Crippen LogP contribution in [0.4, 0.5) is 4.39 Å². The van der Waals surface area contributed by atoms with E-state index in [4.69, 9.17) is 4.74 Å². The fourth-order valence-electron chi connectivity index (χ4n) is 2.09. The predicted octanol–water partition coefficient (Wildman–Crippen LogP) is 2.83. The second kappa shape index (κ2) is 5.69. The first kappa shape index (κ1) is 13.3. The molecule has 0 aliphatic carbocycles. The van der Waals surface area contributed by atoms with Gasteiger partial charge in [0.2, 0.25) is 0 Å². The van der Waals surface area contributed by atoms with Gasteiger partial charge in [-0.05, 0) is 31.0 Å². The number of benzene rings is 1. The van der Waals surface area contributed by atoms with Gasteiger partial charge >= 0.3 is 0 Å². The summed E-state index contributed by atoms with van der Waals surface area (Å²) < 4.78 is 18.2. The number of alkyl halides is 1. The highest BCUT2D eigenvalue weighted by atomic mass is 79.9. The molecule has 18 heavy (non-hydrogen) atoms. The lowest BCUT2D eigenvalue weighted by atomic mass is 10.1. The van der Waals surface area contributed by atoms with E-state index in [-0.39, 0.29) is 11.7 Å². The number of nitrogens with zero attached hydrogens (tertiary/aromatic N) is 1. The highest BCUT2D eigenvalue weighted by Crippen LogP contribution is 2.22. The van der Waals surface area contributed by atoms with Crippen LogP contribution in [0.3, 0.4) is 0 Å². The van der Waals surface area contributed by atoms with Gasteiger partial charge in [-0.3, -0.25) is 4.79 Å². The van der Waals surface area contributed by atoms with Crippen molar-refractivity contribution in [1.82, 2.24) is 4.90 Å². The zero-order valence-electron chi connectivity index (χ0n) is 10.2. The lowest BCUT2D eigenvalue weighted by molar-refractivity contribution is 0.0729. The molecule has 1 aromatic carbocycles. The van der Waals surface area contributed by atoms with E-state index in [2.05, 4.69) is 15.9 Å². The number of piperidine rings is 1. The first-order chi connectivity index (χ1) is 8.61. The molecule has 2 rings (SSSR count). The number of hydrogen-bond donors (Lipinski definition) is 0. The van der Waals surface area contributed by atoms with E-state index >= 15 is 0 Å². The van der Waals surface area contributed by atoms with Crippen LogP contribution in [-0.2, 0) is 0 Å². The maximum Gasteiger partial charge on any atom is 0.254 e. The topological polar surface area (TPSA) is 29.5 Å². The van der Waals surface area contributed by atoms with E-state index in [1.165, 1.54) is 25.3 Å². The van der Waals surface area contributed by atoms with Gasteiger partial charge in [-0.25, -0.2) is 4.39 Å². The molecule has 0 radical (unpaired) electrons. The molecule has 1 amide bonds. The Morgan fingerprint density at radius 2 is 2.33 bits per heavy atom. The molecule has 1 aromatic rings. The van der Waals surface area contributed by atoms with Crippen molar-refractivity contribution in [3.05, 3.63) is 29.6 Å². The largest absolute Gasteiger partial charge is 0.494 e. The summed E-state index contributed by atoms with van der Waals surface area (Å²) in [7, 11) is 1.39. The van der Waals surface area contributed by atoms with Crippen LogP contribution in [0.2, 0.25) is 0 Å². The van der Waals surface area contributed by atoms with Gasteiger partial charge in [-0.2, -0.15) is 0 Å². The number of hydrogen-bond acceptors (Lipinski definition) is 2. The summed E-state index contributed by atoms with van der Waals surface area (Å²) in [5.74, 6) is -0.420. The number of rotatable bonds is 2. The summed E-state index contributed by atoms with van der Waals surface area (Å²) in [4.78, 5) is 14.4. The molecule has 1 aliphatic heterocycles. The van der Waals surface area contributed by atoms with E-state index in [0.29, 0.717) is 16.9 Å². The van der Waals surface area contributed by atoms with E-state index in [1.807, 2.05) is 0 Å². The monoisotopic (exact) mass is 315 g/mol. The Hall–Kier alpha value is -1.10. The highest BCUT2D eigenvalue weighted by Gasteiger charge is 2.23. The third-order valence-electron chi connectivity index (χ3n) is 3.05. The second-order valence-corrected chi connectivity index (χ2v) is 5.63. The van der Waals surface area contributed by atoms with Crippen LogP contribution < -0.4 is 4.74 Å². The van der Waals surface area contributed by atoms with Crippen molar-refractivity contribution in [2.45, 2.75) is 17.7 Å². The van der Waals surface area contributed by atoms with Crippen LogP contribution in [0.15, 0.2) is 18.2 Å². The molecular formula is C13H15BrFNO2. The Kier molecular flexibility index (Phi) is 4.22. The summed E-state index contributed by atoms with van der Waals surface area (Å²) in [6.07, 6.45) is 2.07. The van der Waals surface area contributed by atoms with Crippen molar-refractivity contribution in [3.63, 3.8) is 0 Å². The molecule has 0 aromatic heterocycles. The van der Waals surface area contributed by atoms with E-state index in [9.17, 15) is 9.18 Å². The number of amides is 1. The van der Waals surface area contributed by atoms with E-state index in [1.54, 1.807) is 4.90 Å².